The van der Waals surface area contributed by atoms with Gasteiger partial charge < -0.3 is 10.1 Å². The van der Waals surface area contributed by atoms with Crippen molar-refractivity contribution in [2.24, 2.45) is 5.92 Å². The zero-order valence-corrected chi connectivity index (χ0v) is 10.9. The maximum Gasteiger partial charge on any atom is 0.151 e. The van der Waals surface area contributed by atoms with Gasteiger partial charge in [0, 0.05) is 20.2 Å². The minimum atomic E-state index is -2.86. The van der Waals surface area contributed by atoms with Crippen molar-refractivity contribution in [1.82, 2.24) is 5.32 Å². The average molecular weight is 249 g/mol. The molecule has 0 saturated heterocycles. The molecule has 96 valence electrons. The lowest BCUT2D eigenvalue weighted by atomic mass is 10.1. The summed E-state index contributed by atoms with van der Waals surface area (Å²) in [4.78, 5) is 0. The Morgan fingerprint density at radius 1 is 1.25 bits per heavy atom. The van der Waals surface area contributed by atoms with Gasteiger partial charge in [-0.05, 0) is 18.8 Å². The molecule has 1 N–H and O–H groups in total. The molecule has 0 heterocycles. The van der Waals surface area contributed by atoms with E-state index < -0.39 is 9.84 Å². The van der Waals surface area contributed by atoms with Crippen LogP contribution in [0.4, 0.5) is 0 Å². The van der Waals surface area contributed by atoms with Crippen LogP contribution < -0.4 is 5.32 Å². The Bertz CT molecular complexity index is 271. The number of hydrogen-bond acceptors (Lipinski definition) is 4. The quantitative estimate of drug-likeness (QED) is 0.647. The second-order valence-corrected chi connectivity index (χ2v) is 6.74. The maximum atomic E-state index is 11.7. The first-order valence-electron chi connectivity index (χ1n) is 6.04. The monoisotopic (exact) mass is 249 g/mol. The van der Waals surface area contributed by atoms with Gasteiger partial charge in [0.25, 0.3) is 0 Å². The van der Waals surface area contributed by atoms with E-state index in [9.17, 15) is 8.42 Å². The van der Waals surface area contributed by atoms with E-state index in [1.165, 1.54) is 12.8 Å². The summed E-state index contributed by atoms with van der Waals surface area (Å²) in [6.45, 7) is 1.89. The van der Waals surface area contributed by atoms with E-state index >= 15 is 0 Å². The van der Waals surface area contributed by atoms with Gasteiger partial charge in [0.2, 0.25) is 0 Å². The van der Waals surface area contributed by atoms with Gasteiger partial charge in [0.15, 0.2) is 9.84 Å². The first kappa shape index (κ1) is 13.9. The van der Waals surface area contributed by atoms with Gasteiger partial charge in [-0.3, -0.25) is 0 Å². The van der Waals surface area contributed by atoms with Gasteiger partial charge in [-0.15, -0.1) is 0 Å². The Hall–Kier alpha value is -0.130. The molecule has 1 aliphatic rings. The van der Waals surface area contributed by atoms with Crippen LogP contribution in [-0.2, 0) is 14.6 Å². The maximum absolute atomic E-state index is 11.7. The molecule has 1 fully saturated rings. The van der Waals surface area contributed by atoms with Crippen LogP contribution in [-0.4, -0.2) is 46.7 Å². The molecule has 1 saturated carbocycles. The topological polar surface area (TPSA) is 55.4 Å². The Morgan fingerprint density at radius 2 is 1.94 bits per heavy atom. The van der Waals surface area contributed by atoms with Crippen LogP contribution in [0, 0.1) is 5.92 Å². The third-order valence-electron chi connectivity index (χ3n) is 3.04. The summed E-state index contributed by atoms with van der Waals surface area (Å²) in [6.07, 6.45) is 4.59. The highest BCUT2D eigenvalue weighted by Crippen LogP contribution is 2.25. The fourth-order valence-electron chi connectivity index (χ4n) is 2.15. The number of ether oxygens (including phenoxy) is 1. The summed E-state index contributed by atoms with van der Waals surface area (Å²) in [5.41, 5.74) is 0. The molecule has 0 aromatic heterocycles. The van der Waals surface area contributed by atoms with Gasteiger partial charge in [0.1, 0.15) is 0 Å². The highest BCUT2D eigenvalue weighted by atomic mass is 32.2. The fraction of sp³-hybridized carbons (Fsp3) is 1.00. The molecule has 0 atom stereocenters. The highest BCUT2D eigenvalue weighted by Gasteiger charge is 2.21. The minimum absolute atomic E-state index is 0.257. The molecule has 0 spiro atoms. The fourth-order valence-corrected chi connectivity index (χ4v) is 3.82. The minimum Gasteiger partial charge on any atom is -0.383 e. The third-order valence-corrected chi connectivity index (χ3v) is 4.84. The van der Waals surface area contributed by atoms with E-state index in [1.54, 1.807) is 7.11 Å². The molecule has 0 aromatic rings. The van der Waals surface area contributed by atoms with E-state index in [-0.39, 0.29) is 5.75 Å². The third kappa shape index (κ3) is 5.82. The van der Waals surface area contributed by atoms with E-state index in [4.69, 9.17) is 4.74 Å². The first-order chi connectivity index (χ1) is 7.64. The SMILES string of the molecule is COCCNCCS(=O)(=O)CC1CCCC1. The average Bonchev–Trinajstić information content (AvgIpc) is 2.69. The van der Waals surface area contributed by atoms with Gasteiger partial charge >= 0.3 is 0 Å². The van der Waals surface area contributed by atoms with Crippen LogP contribution in [0.3, 0.4) is 0 Å². The van der Waals surface area contributed by atoms with E-state index in [0.717, 1.165) is 19.4 Å². The normalized spacial score (nSPS) is 18.1. The predicted molar refractivity (Wildman–Crippen MR) is 65.4 cm³/mol. The number of hydrogen-bond donors (Lipinski definition) is 1. The molecule has 0 unspecified atom stereocenters. The molecular formula is C11H23NO3S. The molecule has 0 amide bonds. The summed E-state index contributed by atoms with van der Waals surface area (Å²) >= 11 is 0. The summed E-state index contributed by atoms with van der Waals surface area (Å²) in [5, 5.41) is 3.06. The van der Waals surface area contributed by atoms with Crippen molar-refractivity contribution in [2.45, 2.75) is 25.7 Å². The van der Waals surface area contributed by atoms with Gasteiger partial charge in [-0.1, -0.05) is 12.8 Å². The lowest BCUT2D eigenvalue weighted by molar-refractivity contribution is 0.200. The molecule has 0 radical (unpaired) electrons. The molecule has 0 aliphatic heterocycles. The van der Waals surface area contributed by atoms with Crippen molar-refractivity contribution in [2.75, 3.05) is 38.3 Å². The summed E-state index contributed by atoms with van der Waals surface area (Å²) < 4.78 is 28.4. The zero-order chi connectivity index (χ0) is 11.9. The van der Waals surface area contributed by atoms with Crippen LogP contribution >= 0.6 is 0 Å². The van der Waals surface area contributed by atoms with E-state index in [0.29, 0.717) is 24.8 Å². The molecule has 0 aromatic carbocycles. The Balaban J connectivity index is 2.13. The van der Waals surface area contributed by atoms with E-state index in [1.807, 2.05) is 0 Å². The first-order valence-corrected chi connectivity index (χ1v) is 7.86. The molecule has 1 aliphatic carbocycles. The summed E-state index contributed by atoms with van der Waals surface area (Å²) in [7, 11) is -1.22. The molecular weight excluding hydrogens is 226 g/mol. The van der Waals surface area contributed by atoms with Gasteiger partial charge in [0.05, 0.1) is 18.1 Å². The summed E-state index contributed by atoms with van der Waals surface area (Å²) in [5.74, 6) is 1.07. The highest BCUT2D eigenvalue weighted by molar-refractivity contribution is 7.91. The van der Waals surface area contributed by atoms with Crippen molar-refractivity contribution in [3.05, 3.63) is 0 Å². The Morgan fingerprint density at radius 3 is 2.56 bits per heavy atom. The Labute approximate surface area is 98.7 Å². The molecule has 4 nitrogen and oxygen atoms in total. The van der Waals surface area contributed by atoms with Crippen molar-refractivity contribution in [3.63, 3.8) is 0 Å². The number of rotatable bonds is 8. The van der Waals surface area contributed by atoms with Gasteiger partial charge in [-0.2, -0.15) is 0 Å². The van der Waals surface area contributed by atoms with E-state index in [2.05, 4.69) is 5.32 Å². The zero-order valence-electron chi connectivity index (χ0n) is 10.1. The number of sulfone groups is 1. The van der Waals surface area contributed by atoms with Crippen LogP contribution in [0.2, 0.25) is 0 Å². The number of nitrogens with one attached hydrogen (secondary N) is 1. The van der Waals surface area contributed by atoms with Crippen LogP contribution in [0.1, 0.15) is 25.7 Å². The Kier molecular flexibility index (Phi) is 6.31. The van der Waals surface area contributed by atoms with Gasteiger partial charge in [-0.25, -0.2) is 8.42 Å². The smallest absolute Gasteiger partial charge is 0.151 e. The molecule has 1 rings (SSSR count). The number of methoxy groups -OCH3 is 1. The molecule has 16 heavy (non-hydrogen) atoms. The lowest BCUT2D eigenvalue weighted by Crippen LogP contribution is -2.28. The van der Waals surface area contributed by atoms with Crippen LogP contribution in [0.25, 0.3) is 0 Å². The summed E-state index contributed by atoms with van der Waals surface area (Å²) in [6, 6.07) is 0. The predicted octanol–water partition coefficient (Wildman–Crippen LogP) is 0.827. The van der Waals surface area contributed by atoms with Crippen molar-refractivity contribution < 1.29 is 13.2 Å². The van der Waals surface area contributed by atoms with Crippen molar-refractivity contribution in [3.8, 4) is 0 Å². The second-order valence-electron chi connectivity index (χ2n) is 4.51. The standard InChI is InChI=1S/C11H23NO3S/c1-15-8-6-12-7-9-16(13,14)10-11-4-2-3-5-11/h11-12H,2-10H2,1H3. The second kappa shape index (κ2) is 7.25. The van der Waals surface area contributed by atoms with Crippen LogP contribution in [0.5, 0.6) is 0 Å². The van der Waals surface area contributed by atoms with Crippen molar-refractivity contribution in [1.29, 1.82) is 0 Å². The molecule has 0 bridgehead atoms. The largest absolute Gasteiger partial charge is 0.383 e. The lowest BCUT2D eigenvalue weighted by Gasteiger charge is -2.10. The molecule has 5 heteroatoms. The van der Waals surface area contributed by atoms with Crippen LogP contribution in [0.15, 0.2) is 0 Å². The van der Waals surface area contributed by atoms with Crippen molar-refractivity contribution >= 4 is 9.84 Å².